The molecule has 3 aromatic carbocycles. The second kappa shape index (κ2) is 9.40. The van der Waals surface area contributed by atoms with Crippen molar-refractivity contribution in [2.24, 2.45) is 5.73 Å². The predicted molar refractivity (Wildman–Crippen MR) is 140 cm³/mol. The Morgan fingerprint density at radius 3 is 2.36 bits per heavy atom. The van der Waals surface area contributed by atoms with Crippen LogP contribution in [0.2, 0.25) is 0 Å². The lowest BCUT2D eigenvalue weighted by molar-refractivity contribution is 0.469. The molecule has 0 saturated carbocycles. The van der Waals surface area contributed by atoms with Crippen LogP contribution in [-0.2, 0) is 6.54 Å². The van der Waals surface area contributed by atoms with Gasteiger partial charge in [0.05, 0.1) is 22.3 Å². The third kappa shape index (κ3) is 4.19. The van der Waals surface area contributed by atoms with Crippen molar-refractivity contribution in [2.45, 2.75) is 6.54 Å². The maximum Gasteiger partial charge on any atom is 0.228 e. The van der Waals surface area contributed by atoms with Crippen molar-refractivity contribution in [1.82, 2.24) is 24.7 Å². The summed E-state index contributed by atoms with van der Waals surface area (Å²) >= 11 is 0. The SMILES string of the molecule is NCc1ccc(-c2nc3ccnc(Oc4ccc(-n5cncn5)cc4)c3cc2-c2ccccc2)cc1. The number of aromatic nitrogens is 5. The topological polar surface area (TPSA) is 91.7 Å². The van der Waals surface area contributed by atoms with Gasteiger partial charge in [-0.3, -0.25) is 0 Å². The van der Waals surface area contributed by atoms with Crippen molar-refractivity contribution >= 4 is 10.9 Å². The molecule has 174 valence electrons. The monoisotopic (exact) mass is 470 g/mol. The van der Waals surface area contributed by atoms with Crippen LogP contribution in [0.5, 0.6) is 11.6 Å². The first-order chi connectivity index (χ1) is 17.8. The Kier molecular flexibility index (Phi) is 5.65. The number of ether oxygens (including phenoxy) is 1. The maximum atomic E-state index is 6.22. The van der Waals surface area contributed by atoms with Gasteiger partial charge in [-0.1, -0.05) is 54.6 Å². The fraction of sp³-hybridized carbons (Fsp3) is 0.0345. The van der Waals surface area contributed by atoms with Gasteiger partial charge < -0.3 is 10.5 Å². The summed E-state index contributed by atoms with van der Waals surface area (Å²) in [6, 6.07) is 30.1. The van der Waals surface area contributed by atoms with Crippen LogP contribution in [0.15, 0.2) is 110 Å². The molecule has 0 aliphatic heterocycles. The van der Waals surface area contributed by atoms with Gasteiger partial charge in [0.25, 0.3) is 0 Å². The number of nitrogens with two attached hydrogens (primary N) is 1. The van der Waals surface area contributed by atoms with Crippen molar-refractivity contribution in [3.8, 4) is 39.7 Å². The zero-order chi connectivity index (χ0) is 24.3. The molecule has 3 heterocycles. The summed E-state index contributed by atoms with van der Waals surface area (Å²) < 4.78 is 7.91. The van der Waals surface area contributed by atoms with Crippen LogP contribution in [0.4, 0.5) is 0 Å². The van der Waals surface area contributed by atoms with Crippen molar-refractivity contribution in [3.63, 3.8) is 0 Å². The summed E-state index contributed by atoms with van der Waals surface area (Å²) in [4.78, 5) is 13.6. The zero-order valence-corrected chi connectivity index (χ0v) is 19.3. The summed E-state index contributed by atoms with van der Waals surface area (Å²) in [6.45, 7) is 0.503. The number of rotatable bonds is 6. The lowest BCUT2D eigenvalue weighted by Gasteiger charge is -2.14. The van der Waals surface area contributed by atoms with Gasteiger partial charge in [-0.2, -0.15) is 5.10 Å². The first kappa shape index (κ1) is 21.6. The lowest BCUT2D eigenvalue weighted by Crippen LogP contribution is -1.97. The van der Waals surface area contributed by atoms with E-state index < -0.39 is 0 Å². The molecule has 7 nitrogen and oxygen atoms in total. The molecule has 0 aliphatic carbocycles. The van der Waals surface area contributed by atoms with Gasteiger partial charge in [0, 0.05) is 23.9 Å². The molecule has 0 atom stereocenters. The molecule has 0 radical (unpaired) electrons. The first-order valence-corrected chi connectivity index (χ1v) is 11.6. The summed E-state index contributed by atoms with van der Waals surface area (Å²) in [5.74, 6) is 1.16. The molecule has 6 rings (SSSR count). The largest absolute Gasteiger partial charge is 0.438 e. The van der Waals surface area contributed by atoms with E-state index in [9.17, 15) is 0 Å². The molecule has 7 heteroatoms. The number of nitrogens with zero attached hydrogens (tertiary/aromatic N) is 5. The summed E-state index contributed by atoms with van der Waals surface area (Å²) in [6.07, 6.45) is 4.88. The zero-order valence-electron chi connectivity index (χ0n) is 19.3. The average Bonchev–Trinajstić information content (AvgIpc) is 3.49. The van der Waals surface area contributed by atoms with Crippen LogP contribution in [-0.4, -0.2) is 24.7 Å². The number of hydrogen-bond donors (Lipinski definition) is 1. The minimum Gasteiger partial charge on any atom is -0.438 e. The molecule has 6 aromatic rings. The smallest absolute Gasteiger partial charge is 0.228 e. The average molecular weight is 471 g/mol. The Labute approximate surface area is 207 Å². The highest BCUT2D eigenvalue weighted by Gasteiger charge is 2.15. The van der Waals surface area contributed by atoms with E-state index in [0.29, 0.717) is 18.2 Å². The first-order valence-electron chi connectivity index (χ1n) is 11.6. The number of fused-ring (bicyclic) bond motifs is 1. The molecule has 0 unspecified atom stereocenters. The summed E-state index contributed by atoms with van der Waals surface area (Å²) in [5.41, 5.74) is 12.6. The number of pyridine rings is 2. The third-order valence-electron chi connectivity index (χ3n) is 5.99. The second-order valence-corrected chi connectivity index (χ2v) is 8.27. The van der Waals surface area contributed by atoms with Crippen molar-refractivity contribution in [3.05, 3.63) is 115 Å². The number of hydrogen-bond acceptors (Lipinski definition) is 6. The molecule has 36 heavy (non-hydrogen) atoms. The van der Waals surface area contributed by atoms with Gasteiger partial charge in [-0.25, -0.2) is 19.6 Å². The molecule has 3 aromatic heterocycles. The highest BCUT2D eigenvalue weighted by Crippen LogP contribution is 2.36. The minimum absolute atomic E-state index is 0.496. The molecule has 0 amide bonds. The quantitative estimate of drug-likeness (QED) is 0.331. The van der Waals surface area contributed by atoms with Crippen LogP contribution in [0.1, 0.15) is 5.56 Å². The highest BCUT2D eigenvalue weighted by atomic mass is 16.5. The van der Waals surface area contributed by atoms with Crippen molar-refractivity contribution < 1.29 is 4.74 Å². The van der Waals surface area contributed by atoms with Gasteiger partial charge in [-0.15, -0.1) is 0 Å². The molecule has 0 spiro atoms. The Morgan fingerprint density at radius 1 is 0.833 bits per heavy atom. The van der Waals surface area contributed by atoms with Crippen molar-refractivity contribution in [1.29, 1.82) is 0 Å². The molecule has 0 bridgehead atoms. The van der Waals surface area contributed by atoms with Gasteiger partial charge in [-0.05, 0) is 47.5 Å². The lowest BCUT2D eigenvalue weighted by atomic mass is 9.97. The van der Waals surface area contributed by atoms with E-state index in [0.717, 1.165) is 44.5 Å². The van der Waals surface area contributed by atoms with Crippen LogP contribution in [0.3, 0.4) is 0 Å². The highest BCUT2D eigenvalue weighted by molar-refractivity contribution is 5.94. The minimum atomic E-state index is 0.496. The van der Waals surface area contributed by atoms with E-state index >= 15 is 0 Å². The van der Waals surface area contributed by atoms with Gasteiger partial charge in [0.2, 0.25) is 5.88 Å². The molecule has 0 fully saturated rings. The number of benzene rings is 3. The fourth-order valence-electron chi connectivity index (χ4n) is 4.13. The Morgan fingerprint density at radius 2 is 1.64 bits per heavy atom. The van der Waals surface area contributed by atoms with E-state index in [1.165, 1.54) is 6.33 Å². The normalized spacial score (nSPS) is 11.0. The Hall–Kier alpha value is -4.88. The predicted octanol–water partition coefficient (Wildman–Crippen LogP) is 5.80. The van der Waals surface area contributed by atoms with Crippen molar-refractivity contribution in [2.75, 3.05) is 0 Å². The summed E-state index contributed by atoms with van der Waals surface area (Å²) in [7, 11) is 0. The standard InChI is InChI=1S/C29H22N6O/c30-17-20-6-8-22(9-7-20)28-25(21-4-2-1-3-5-21)16-26-27(34-28)14-15-32-29(26)36-24-12-10-23(11-13-24)35-19-31-18-33-35/h1-16,18-19H,17,30H2. The van der Waals surface area contributed by atoms with E-state index in [1.54, 1.807) is 17.2 Å². The van der Waals surface area contributed by atoms with E-state index in [1.807, 2.05) is 60.7 Å². The van der Waals surface area contributed by atoms with Crippen LogP contribution >= 0.6 is 0 Å². The molecule has 0 saturated heterocycles. The third-order valence-corrected chi connectivity index (χ3v) is 5.99. The van der Waals surface area contributed by atoms with Gasteiger partial charge in [0.1, 0.15) is 18.4 Å². The fourth-order valence-corrected chi connectivity index (χ4v) is 4.13. The van der Waals surface area contributed by atoms with E-state index in [-0.39, 0.29) is 0 Å². The maximum absolute atomic E-state index is 6.22. The van der Waals surface area contributed by atoms with Crippen LogP contribution < -0.4 is 10.5 Å². The van der Waals surface area contributed by atoms with E-state index in [2.05, 4.69) is 45.4 Å². The Balaban J connectivity index is 1.44. The molecular weight excluding hydrogens is 448 g/mol. The van der Waals surface area contributed by atoms with E-state index in [4.69, 9.17) is 15.5 Å². The van der Waals surface area contributed by atoms with Crippen LogP contribution in [0, 0.1) is 0 Å². The van der Waals surface area contributed by atoms with Gasteiger partial charge >= 0.3 is 0 Å². The second-order valence-electron chi connectivity index (χ2n) is 8.27. The molecular formula is C29H22N6O. The molecule has 0 aliphatic rings. The summed E-state index contributed by atoms with van der Waals surface area (Å²) in [5, 5.41) is 4.99. The van der Waals surface area contributed by atoms with Crippen LogP contribution in [0.25, 0.3) is 39.0 Å². The Bertz CT molecular complexity index is 1610. The van der Waals surface area contributed by atoms with Gasteiger partial charge in [0.15, 0.2) is 0 Å². The molecule has 2 N–H and O–H groups in total.